The van der Waals surface area contributed by atoms with Gasteiger partial charge in [0.1, 0.15) is 6.61 Å². The molecule has 0 unspecified atom stereocenters. The second kappa shape index (κ2) is 7.42. The predicted molar refractivity (Wildman–Crippen MR) is 117 cm³/mol. The molecule has 0 saturated heterocycles. The minimum atomic E-state index is -0.0297. The Labute approximate surface area is 178 Å². The van der Waals surface area contributed by atoms with E-state index in [9.17, 15) is 4.79 Å². The Morgan fingerprint density at radius 3 is 2.94 bits per heavy atom. The van der Waals surface area contributed by atoms with Crippen LogP contribution in [0, 0.1) is 6.92 Å². The van der Waals surface area contributed by atoms with Crippen molar-refractivity contribution >= 4 is 29.0 Å². The molecule has 9 nitrogen and oxygen atoms in total. The molecule has 0 radical (unpaired) electrons. The number of H-pyrrole nitrogens is 2. The minimum absolute atomic E-state index is 0.0297. The highest BCUT2D eigenvalue weighted by atomic mass is 16.5. The van der Waals surface area contributed by atoms with Crippen LogP contribution in [0.5, 0.6) is 5.88 Å². The summed E-state index contributed by atoms with van der Waals surface area (Å²) in [5.41, 5.74) is 6.49. The van der Waals surface area contributed by atoms with E-state index < -0.39 is 0 Å². The first kappa shape index (κ1) is 19.1. The number of carbonyl (C=O) groups excluding carboxylic acids is 1. The van der Waals surface area contributed by atoms with Gasteiger partial charge in [0.05, 0.1) is 41.8 Å². The number of nitrogens with zero attached hydrogens (tertiary/aromatic N) is 5. The molecule has 9 heteroatoms. The van der Waals surface area contributed by atoms with Gasteiger partial charge in [-0.25, -0.2) is 5.10 Å². The maximum Gasteiger partial charge on any atom is 0.219 e. The van der Waals surface area contributed by atoms with E-state index in [0.29, 0.717) is 25.6 Å². The second-order valence-corrected chi connectivity index (χ2v) is 7.67. The standard InChI is InChI=1S/C22H23N7O2/c1-13-16-5-7-20-17-10-15(4-6-19(17)24-25-20)18-11-23-26-22(18)31-9-8-29(14(2)30)12-21(16)27-28(13)3/h4-7,10-11H,8-9,12H2,1-3H3,(H,23,26)(H,24,25)/b7-5+. The monoisotopic (exact) mass is 417 g/mol. The van der Waals surface area contributed by atoms with E-state index in [-0.39, 0.29) is 5.91 Å². The first-order valence-electron chi connectivity index (χ1n) is 10.1. The van der Waals surface area contributed by atoms with Gasteiger partial charge in [-0.15, -0.1) is 0 Å². The molecule has 31 heavy (non-hydrogen) atoms. The van der Waals surface area contributed by atoms with E-state index in [1.54, 1.807) is 18.0 Å². The molecule has 3 aromatic heterocycles. The van der Waals surface area contributed by atoms with Crippen molar-refractivity contribution in [3.8, 4) is 17.0 Å². The third-order valence-electron chi connectivity index (χ3n) is 5.77. The van der Waals surface area contributed by atoms with Crippen LogP contribution in [0.3, 0.4) is 0 Å². The zero-order valence-electron chi connectivity index (χ0n) is 17.6. The largest absolute Gasteiger partial charge is 0.476 e. The van der Waals surface area contributed by atoms with Crippen molar-refractivity contribution in [2.75, 3.05) is 13.2 Å². The van der Waals surface area contributed by atoms with Crippen LogP contribution < -0.4 is 4.74 Å². The summed E-state index contributed by atoms with van der Waals surface area (Å²) in [7, 11) is 1.91. The van der Waals surface area contributed by atoms with Crippen molar-refractivity contribution in [3.05, 3.63) is 47.0 Å². The quantitative estimate of drug-likeness (QED) is 0.458. The molecule has 0 atom stereocenters. The highest BCUT2D eigenvalue weighted by Gasteiger charge is 2.18. The third-order valence-corrected chi connectivity index (χ3v) is 5.77. The fourth-order valence-corrected chi connectivity index (χ4v) is 3.89. The van der Waals surface area contributed by atoms with Gasteiger partial charge < -0.3 is 9.64 Å². The second-order valence-electron chi connectivity index (χ2n) is 7.67. The zero-order valence-corrected chi connectivity index (χ0v) is 17.6. The molecule has 158 valence electrons. The Hall–Kier alpha value is -3.88. The first-order valence-corrected chi connectivity index (χ1v) is 10.1. The molecule has 0 aliphatic carbocycles. The molecule has 0 saturated carbocycles. The van der Waals surface area contributed by atoms with Crippen LogP contribution in [-0.2, 0) is 18.4 Å². The summed E-state index contributed by atoms with van der Waals surface area (Å²) in [5, 5.41) is 20.3. The van der Waals surface area contributed by atoms with Gasteiger partial charge in [0.15, 0.2) is 0 Å². The Balaban J connectivity index is 1.67. The highest BCUT2D eigenvalue weighted by molar-refractivity contribution is 5.93. The number of fused-ring (bicyclic) bond motifs is 4. The lowest BCUT2D eigenvalue weighted by Crippen LogP contribution is -2.32. The van der Waals surface area contributed by atoms with E-state index in [1.165, 1.54) is 0 Å². The summed E-state index contributed by atoms with van der Waals surface area (Å²) in [6.45, 7) is 4.77. The lowest BCUT2D eigenvalue weighted by molar-refractivity contribution is -0.129. The number of carbonyl (C=O) groups is 1. The van der Waals surface area contributed by atoms with Crippen molar-refractivity contribution < 1.29 is 9.53 Å². The molecule has 1 aromatic carbocycles. The van der Waals surface area contributed by atoms with Crippen LogP contribution in [0.4, 0.5) is 0 Å². The third kappa shape index (κ3) is 3.37. The number of benzene rings is 1. The number of aromatic nitrogens is 6. The van der Waals surface area contributed by atoms with Crippen molar-refractivity contribution in [2.24, 2.45) is 7.05 Å². The average molecular weight is 417 g/mol. The van der Waals surface area contributed by atoms with Crippen LogP contribution in [0.25, 0.3) is 34.2 Å². The van der Waals surface area contributed by atoms with Crippen molar-refractivity contribution in [3.63, 3.8) is 0 Å². The Kier molecular flexibility index (Phi) is 4.58. The molecule has 4 heterocycles. The van der Waals surface area contributed by atoms with Crippen molar-refractivity contribution in [1.29, 1.82) is 0 Å². The number of nitrogens with one attached hydrogen (secondary N) is 2. The van der Waals surface area contributed by atoms with E-state index >= 15 is 0 Å². The smallest absolute Gasteiger partial charge is 0.219 e. The first-order chi connectivity index (χ1) is 15.0. The minimum Gasteiger partial charge on any atom is -0.476 e. The number of aromatic amines is 2. The molecule has 0 spiro atoms. The summed E-state index contributed by atoms with van der Waals surface area (Å²) in [4.78, 5) is 14.0. The highest BCUT2D eigenvalue weighted by Crippen LogP contribution is 2.31. The summed E-state index contributed by atoms with van der Waals surface area (Å²) in [6.07, 6.45) is 5.79. The van der Waals surface area contributed by atoms with Crippen LogP contribution in [-0.4, -0.2) is 54.1 Å². The van der Waals surface area contributed by atoms with Crippen molar-refractivity contribution in [2.45, 2.75) is 20.4 Å². The molecule has 1 aliphatic heterocycles. The van der Waals surface area contributed by atoms with Gasteiger partial charge >= 0.3 is 0 Å². The summed E-state index contributed by atoms with van der Waals surface area (Å²) < 4.78 is 7.81. The van der Waals surface area contributed by atoms with E-state index in [4.69, 9.17) is 4.74 Å². The number of aryl methyl sites for hydroxylation is 1. The molecule has 2 bridgehead atoms. The number of hydrogen-bond acceptors (Lipinski definition) is 5. The Bertz CT molecular complexity index is 1310. The van der Waals surface area contributed by atoms with E-state index in [2.05, 4.69) is 31.6 Å². The van der Waals surface area contributed by atoms with Gasteiger partial charge in [0, 0.05) is 30.6 Å². The number of rotatable bonds is 0. The molecular formula is C22H23N7O2. The maximum absolute atomic E-state index is 12.3. The molecule has 0 fully saturated rings. The van der Waals surface area contributed by atoms with Crippen LogP contribution in [0.2, 0.25) is 0 Å². The van der Waals surface area contributed by atoms with E-state index in [1.807, 2.05) is 42.9 Å². The summed E-state index contributed by atoms with van der Waals surface area (Å²) >= 11 is 0. The molecule has 1 amide bonds. The lowest BCUT2D eigenvalue weighted by Gasteiger charge is -2.20. The fraction of sp³-hybridized carbons (Fsp3) is 0.273. The summed E-state index contributed by atoms with van der Waals surface area (Å²) in [5.74, 6) is 0.547. The fourth-order valence-electron chi connectivity index (χ4n) is 3.89. The molecule has 1 aliphatic rings. The predicted octanol–water partition coefficient (Wildman–Crippen LogP) is 2.91. The maximum atomic E-state index is 12.3. The molecule has 4 aromatic rings. The SMILES string of the molecule is CC(=O)N1CCOc2[nH]ncc2-c2ccc3n[nH]c(c3c2)/C=C/c2c(nn(C)c2C)C1. The number of amides is 1. The van der Waals surface area contributed by atoms with Gasteiger partial charge in [0.25, 0.3) is 0 Å². The van der Waals surface area contributed by atoms with Crippen LogP contribution in [0.15, 0.2) is 24.4 Å². The lowest BCUT2D eigenvalue weighted by atomic mass is 10.0. The van der Waals surface area contributed by atoms with Crippen LogP contribution >= 0.6 is 0 Å². The zero-order chi connectivity index (χ0) is 21.5. The van der Waals surface area contributed by atoms with Gasteiger partial charge in [-0.05, 0) is 36.8 Å². The van der Waals surface area contributed by atoms with Gasteiger partial charge in [0.2, 0.25) is 11.8 Å². The number of hydrogen-bond donors (Lipinski definition) is 2. The summed E-state index contributed by atoms with van der Waals surface area (Å²) in [6, 6.07) is 6.05. The van der Waals surface area contributed by atoms with Crippen molar-refractivity contribution in [1.82, 2.24) is 35.1 Å². The van der Waals surface area contributed by atoms with Crippen LogP contribution in [0.1, 0.15) is 29.6 Å². The van der Waals surface area contributed by atoms with Gasteiger partial charge in [-0.1, -0.05) is 6.07 Å². The van der Waals surface area contributed by atoms with E-state index in [0.717, 1.165) is 44.7 Å². The Morgan fingerprint density at radius 2 is 2.10 bits per heavy atom. The topological polar surface area (TPSA) is 105 Å². The number of ether oxygens (including phenoxy) is 1. The van der Waals surface area contributed by atoms with Gasteiger partial charge in [-0.3, -0.25) is 14.6 Å². The molecule has 2 N–H and O–H groups in total. The normalized spacial score (nSPS) is 15.1. The molecular weight excluding hydrogens is 394 g/mol. The van der Waals surface area contributed by atoms with Gasteiger partial charge in [-0.2, -0.15) is 15.3 Å². The Morgan fingerprint density at radius 1 is 1.23 bits per heavy atom. The molecule has 5 rings (SSSR count). The average Bonchev–Trinajstić information content (AvgIpc) is 3.44.